The Morgan fingerprint density at radius 3 is 2.57 bits per heavy atom. The summed E-state index contributed by atoms with van der Waals surface area (Å²) in [6.07, 6.45) is -4.01. The van der Waals surface area contributed by atoms with Gasteiger partial charge < -0.3 is 15.8 Å². The van der Waals surface area contributed by atoms with Crippen LogP contribution in [0.2, 0.25) is 0 Å². The zero-order chi connectivity index (χ0) is 15.2. The number of halogens is 5. The molecule has 0 saturated carbocycles. The number of carbonyl (C=O) groups excluding carboxylic acids is 1. The first kappa shape index (κ1) is 19.5. The van der Waals surface area contributed by atoms with Crippen molar-refractivity contribution in [3.8, 4) is 5.75 Å². The minimum Gasteiger partial charge on any atom is -0.482 e. The van der Waals surface area contributed by atoms with E-state index in [1.54, 1.807) is 0 Å². The number of benzene rings is 1. The lowest BCUT2D eigenvalue weighted by molar-refractivity contribution is -0.153. The average Bonchev–Trinajstić information content (AvgIpc) is 2.34. The first-order chi connectivity index (χ1) is 9.31. The van der Waals surface area contributed by atoms with Crippen molar-refractivity contribution < 1.29 is 27.1 Å². The van der Waals surface area contributed by atoms with Crippen molar-refractivity contribution in [1.29, 1.82) is 0 Å². The molecular weight excluding hydrogens is 316 g/mol. The van der Waals surface area contributed by atoms with Gasteiger partial charge in [0.2, 0.25) is 5.91 Å². The Labute approximate surface area is 125 Å². The molecule has 4 nitrogen and oxygen atoms in total. The van der Waals surface area contributed by atoms with E-state index in [2.05, 4.69) is 10.1 Å². The van der Waals surface area contributed by atoms with E-state index in [4.69, 9.17) is 5.73 Å². The van der Waals surface area contributed by atoms with E-state index < -0.39 is 24.5 Å². The topological polar surface area (TPSA) is 64.4 Å². The lowest BCUT2D eigenvalue weighted by Crippen LogP contribution is -2.20. The summed E-state index contributed by atoms with van der Waals surface area (Å²) in [6, 6.07) is 2.87. The first-order valence-electron chi connectivity index (χ1n) is 5.81. The molecule has 0 fully saturated rings. The molecule has 0 radical (unpaired) electrons. The molecule has 0 spiro atoms. The molecule has 0 heterocycles. The Balaban J connectivity index is 0.00000400. The number of rotatable bonds is 6. The van der Waals surface area contributed by atoms with Crippen LogP contribution in [0.4, 0.5) is 23.2 Å². The van der Waals surface area contributed by atoms with Crippen molar-refractivity contribution in [1.82, 2.24) is 0 Å². The SMILES string of the molecule is Cl.NCCCC(=O)Nc1cc(F)ccc1OCC(F)(F)F. The van der Waals surface area contributed by atoms with Crippen LogP contribution in [0.25, 0.3) is 0 Å². The van der Waals surface area contributed by atoms with Crippen LogP contribution in [0.5, 0.6) is 5.75 Å². The fourth-order valence-corrected chi connectivity index (χ4v) is 1.36. The van der Waals surface area contributed by atoms with Crippen molar-refractivity contribution in [2.24, 2.45) is 5.73 Å². The third-order valence-corrected chi connectivity index (χ3v) is 2.21. The molecule has 21 heavy (non-hydrogen) atoms. The summed E-state index contributed by atoms with van der Waals surface area (Å²) in [7, 11) is 0. The van der Waals surface area contributed by atoms with Gasteiger partial charge in [-0.15, -0.1) is 12.4 Å². The Bertz CT molecular complexity index is 469. The second-order valence-electron chi connectivity index (χ2n) is 3.98. The molecule has 1 aromatic carbocycles. The van der Waals surface area contributed by atoms with Gasteiger partial charge in [-0.25, -0.2) is 4.39 Å². The number of nitrogens with two attached hydrogens (primary N) is 1. The predicted molar refractivity (Wildman–Crippen MR) is 72.1 cm³/mol. The molecule has 120 valence electrons. The van der Waals surface area contributed by atoms with Gasteiger partial charge in [0.1, 0.15) is 11.6 Å². The molecule has 0 aliphatic heterocycles. The van der Waals surface area contributed by atoms with Crippen molar-refractivity contribution >= 4 is 24.0 Å². The monoisotopic (exact) mass is 330 g/mol. The van der Waals surface area contributed by atoms with E-state index in [9.17, 15) is 22.4 Å². The number of hydrogen-bond donors (Lipinski definition) is 2. The Kier molecular flexibility index (Phi) is 8.05. The number of carbonyl (C=O) groups is 1. The van der Waals surface area contributed by atoms with Crippen LogP contribution in [0, 0.1) is 5.82 Å². The van der Waals surface area contributed by atoms with Crippen molar-refractivity contribution in [3.05, 3.63) is 24.0 Å². The van der Waals surface area contributed by atoms with E-state index in [1.165, 1.54) is 0 Å². The van der Waals surface area contributed by atoms with E-state index in [-0.39, 0.29) is 30.3 Å². The highest BCUT2D eigenvalue weighted by Gasteiger charge is 2.29. The van der Waals surface area contributed by atoms with Crippen molar-refractivity contribution in [2.75, 3.05) is 18.5 Å². The van der Waals surface area contributed by atoms with Gasteiger partial charge in [0, 0.05) is 12.5 Å². The number of nitrogens with one attached hydrogen (secondary N) is 1. The van der Waals surface area contributed by atoms with Gasteiger partial charge in [-0.05, 0) is 25.1 Å². The van der Waals surface area contributed by atoms with E-state index in [1.807, 2.05) is 0 Å². The van der Waals surface area contributed by atoms with E-state index >= 15 is 0 Å². The van der Waals surface area contributed by atoms with Crippen LogP contribution in [0.15, 0.2) is 18.2 Å². The molecule has 0 atom stereocenters. The van der Waals surface area contributed by atoms with Crippen LogP contribution < -0.4 is 15.8 Å². The van der Waals surface area contributed by atoms with Gasteiger partial charge in [0.15, 0.2) is 6.61 Å². The zero-order valence-electron chi connectivity index (χ0n) is 10.9. The number of ether oxygens (including phenoxy) is 1. The van der Waals surface area contributed by atoms with Crippen LogP contribution in [0.1, 0.15) is 12.8 Å². The standard InChI is InChI=1S/C12H14F4N2O2.ClH/c13-8-3-4-10(20-7-12(14,15)16)9(6-8)18-11(19)2-1-5-17;/h3-4,6H,1-2,5,7,17H2,(H,18,19);1H. The molecule has 1 aromatic rings. The summed E-state index contributed by atoms with van der Waals surface area (Å²) >= 11 is 0. The summed E-state index contributed by atoms with van der Waals surface area (Å²) in [5, 5.41) is 2.30. The van der Waals surface area contributed by atoms with Crippen LogP contribution in [-0.2, 0) is 4.79 Å². The maximum atomic E-state index is 13.1. The molecule has 0 bridgehead atoms. The van der Waals surface area contributed by atoms with Gasteiger partial charge in [0.25, 0.3) is 0 Å². The summed E-state index contributed by atoms with van der Waals surface area (Å²) in [4.78, 5) is 11.5. The third-order valence-electron chi connectivity index (χ3n) is 2.21. The molecule has 0 aliphatic carbocycles. The molecular formula is C12H15ClF4N2O2. The number of alkyl halides is 3. The lowest BCUT2D eigenvalue weighted by Gasteiger charge is -2.14. The maximum Gasteiger partial charge on any atom is 0.422 e. The lowest BCUT2D eigenvalue weighted by atomic mass is 10.2. The highest BCUT2D eigenvalue weighted by Crippen LogP contribution is 2.27. The van der Waals surface area contributed by atoms with Gasteiger partial charge in [-0.1, -0.05) is 0 Å². The van der Waals surface area contributed by atoms with Gasteiger partial charge in [0.05, 0.1) is 5.69 Å². The van der Waals surface area contributed by atoms with Crippen LogP contribution >= 0.6 is 12.4 Å². The quantitative estimate of drug-likeness (QED) is 0.788. The molecule has 0 aliphatic rings. The average molecular weight is 331 g/mol. The van der Waals surface area contributed by atoms with Crippen molar-refractivity contribution in [3.63, 3.8) is 0 Å². The minimum absolute atomic E-state index is 0. The first-order valence-corrected chi connectivity index (χ1v) is 5.81. The van der Waals surface area contributed by atoms with Gasteiger partial charge >= 0.3 is 6.18 Å². The summed E-state index contributed by atoms with van der Waals surface area (Å²) in [6.45, 7) is -1.22. The fraction of sp³-hybridized carbons (Fsp3) is 0.417. The largest absolute Gasteiger partial charge is 0.482 e. The second kappa shape index (κ2) is 8.68. The molecule has 9 heteroatoms. The molecule has 0 saturated heterocycles. The zero-order valence-corrected chi connectivity index (χ0v) is 11.7. The molecule has 0 aromatic heterocycles. The summed E-state index contributed by atoms with van der Waals surface area (Å²) in [5.74, 6) is -1.42. The molecule has 3 N–H and O–H groups in total. The normalized spacial score (nSPS) is 10.7. The fourth-order valence-electron chi connectivity index (χ4n) is 1.36. The third kappa shape index (κ3) is 7.72. The highest BCUT2D eigenvalue weighted by atomic mass is 35.5. The molecule has 1 amide bonds. The van der Waals surface area contributed by atoms with Crippen LogP contribution in [0.3, 0.4) is 0 Å². The molecule has 0 unspecified atom stereocenters. The summed E-state index contributed by atoms with van der Waals surface area (Å²) in [5.41, 5.74) is 5.09. The van der Waals surface area contributed by atoms with Crippen molar-refractivity contribution in [2.45, 2.75) is 19.0 Å². The smallest absolute Gasteiger partial charge is 0.422 e. The summed E-state index contributed by atoms with van der Waals surface area (Å²) < 4.78 is 53.8. The van der Waals surface area contributed by atoms with Gasteiger partial charge in [-0.3, -0.25) is 4.79 Å². The number of hydrogen-bond acceptors (Lipinski definition) is 3. The Hall–Kier alpha value is -1.54. The van der Waals surface area contributed by atoms with Crippen LogP contribution in [-0.4, -0.2) is 25.2 Å². The predicted octanol–water partition coefficient (Wildman–Crippen LogP) is 2.87. The minimum atomic E-state index is -4.52. The number of anilines is 1. The Morgan fingerprint density at radius 1 is 1.33 bits per heavy atom. The maximum absolute atomic E-state index is 13.1. The second-order valence-corrected chi connectivity index (χ2v) is 3.98. The number of amides is 1. The Morgan fingerprint density at radius 2 is 2.00 bits per heavy atom. The van der Waals surface area contributed by atoms with E-state index in [0.717, 1.165) is 18.2 Å². The highest BCUT2D eigenvalue weighted by molar-refractivity contribution is 5.92. The van der Waals surface area contributed by atoms with E-state index in [0.29, 0.717) is 13.0 Å². The van der Waals surface area contributed by atoms with Gasteiger partial charge in [-0.2, -0.15) is 13.2 Å². The molecule has 1 rings (SSSR count).